The van der Waals surface area contributed by atoms with Gasteiger partial charge < -0.3 is 27.1 Å². The Morgan fingerprint density at radius 3 is 2.55 bits per heavy atom. The van der Waals surface area contributed by atoms with Gasteiger partial charge in [-0.2, -0.15) is 9.97 Å². The molecule has 0 spiro atoms. The molecule has 1 aliphatic carbocycles. The second-order valence-corrected chi connectivity index (χ2v) is 8.47. The number of hydrogen-bond acceptors (Lipinski definition) is 8. The number of nitrogens with zero attached hydrogens (tertiary/aromatic N) is 5. The standard InChI is InChI=1S/C24H29N9/c25-12-11-20-30-21-22(31-24(27)32-23(21)33(20)16-5-1-2-6-16)29-14-15-9-10-19(28-13-15)17-7-3-4-8-18(17)26/h3-4,7-10,13,16H,1-2,5-6,11-12,14,25-26H2,(H3,27,29,31,32). The number of pyridine rings is 1. The van der Waals surface area contributed by atoms with Crippen molar-refractivity contribution in [3.05, 3.63) is 54.0 Å². The summed E-state index contributed by atoms with van der Waals surface area (Å²) < 4.78 is 2.24. The highest BCUT2D eigenvalue weighted by molar-refractivity contribution is 5.85. The summed E-state index contributed by atoms with van der Waals surface area (Å²) in [4.78, 5) is 18.5. The van der Waals surface area contributed by atoms with Crippen LogP contribution in [0.15, 0.2) is 42.6 Å². The second kappa shape index (κ2) is 9.03. The van der Waals surface area contributed by atoms with Gasteiger partial charge in [-0.15, -0.1) is 0 Å². The molecule has 170 valence electrons. The smallest absolute Gasteiger partial charge is 0.224 e. The Morgan fingerprint density at radius 2 is 1.82 bits per heavy atom. The molecule has 0 aliphatic heterocycles. The van der Waals surface area contributed by atoms with E-state index in [0.717, 1.165) is 46.7 Å². The first-order valence-electron chi connectivity index (χ1n) is 11.4. The third-order valence-corrected chi connectivity index (χ3v) is 6.21. The summed E-state index contributed by atoms with van der Waals surface area (Å²) in [7, 11) is 0. The van der Waals surface area contributed by atoms with Crippen molar-refractivity contribution in [1.29, 1.82) is 0 Å². The number of para-hydroxylation sites is 1. The first-order chi connectivity index (χ1) is 16.1. The SMILES string of the molecule is NCCc1nc2c(NCc3ccc(-c4ccccc4N)nc3)nc(N)nc2n1C1CCCC1. The molecule has 33 heavy (non-hydrogen) atoms. The number of rotatable bonds is 7. The van der Waals surface area contributed by atoms with Crippen LogP contribution >= 0.6 is 0 Å². The number of anilines is 3. The fraction of sp³-hybridized carbons (Fsp3) is 0.333. The normalized spacial score (nSPS) is 14.2. The average molecular weight is 444 g/mol. The van der Waals surface area contributed by atoms with E-state index in [2.05, 4.69) is 24.8 Å². The molecular weight excluding hydrogens is 414 g/mol. The van der Waals surface area contributed by atoms with Gasteiger partial charge in [0.2, 0.25) is 5.95 Å². The second-order valence-electron chi connectivity index (χ2n) is 8.47. The number of nitrogen functional groups attached to an aromatic ring is 2. The molecular formula is C24H29N9. The minimum atomic E-state index is 0.233. The van der Waals surface area contributed by atoms with E-state index in [0.29, 0.717) is 37.1 Å². The van der Waals surface area contributed by atoms with Gasteiger partial charge in [0.1, 0.15) is 5.82 Å². The monoisotopic (exact) mass is 443 g/mol. The van der Waals surface area contributed by atoms with E-state index < -0.39 is 0 Å². The van der Waals surface area contributed by atoms with Crippen molar-refractivity contribution in [1.82, 2.24) is 24.5 Å². The Hall–Kier alpha value is -3.72. The van der Waals surface area contributed by atoms with E-state index >= 15 is 0 Å². The summed E-state index contributed by atoms with van der Waals surface area (Å²) in [6, 6.07) is 12.1. The van der Waals surface area contributed by atoms with Crippen LogP contribution in [0.25, 0.3) is 22.4 Å². The lowest BCUT2D eigenvalue weighted by Gasteiger charge is -2.15. The van der Waals surface area contributed by atoms with Crippen LogP contribution in [-0.4, -0.2) is 31.0 Å². The summed E-state index contributed by atoms with van der Waals surface area (Å²) in [5.74, 6) is 1.81. The van der Waals surface area contributed by atoms with Crippen molar-refractivity contribution in [3.63, 3.8) is 0 Å². The van der Waals surface area contributed by atoms with Crippen LogP contribution in [0.3, 0.4) is 0 Å². The molecule has 0 amide bonds. The number of nitrogens with two attached hydrogens (primary N) is 3. The predicted molar refractivity (Wildman–Crippen MR) is 131 cm³/mol. The van der Waals surface area contributed by atoms with Gasteiger partial charge in [-0.05, 0) is 37.1 Å². The van der Waals surface area contributed by atoms with Crippen LogP contribution in [0.4, 0.5) is 17.5 Å². The van der Waals surface area contributed by atoms with Gasteiger partial charge in [0, 0.05) is 36.5 Å². The van der Waals surface area contributed by atoms with Crippen LogP contribution in [-0.2, 0) is 13.0 Å². The van der Waals surface area contributed by atoms with Crippen molar-refractivity contribution in [3.8, 4) is 11.3 Å². The molecule has 0 unspecified atom stereocenters. The first kappa shape index (κ1) is 21.1. The van der Waals surface area contributed by atoms with Gasteiger partial charge in [-0.3, -0.25) is 4.98 Å². The fourth-order valence-electron chi connectivity index (χ4n) is 4.62. The minimum Gasteiger partial charge on any atom is -0.398 e. The van der Waals surface area contributed by atoms with Crippen molar-refractivity contribution in [2.24, 2.45) is 5.73 Å². The van der Waals surface area contributed by atoms with Crippen molar-refractivity contribution >= 4 is 28.6 Å². The number of benzene rings is 1. The van der Waals surface area contributed by atoms with Crippen LogP contribution in [0.5, 0.6) is 0 Å². The summed E-state index contributed by atoms with van der Waals surface area (Å²) in [6.07, 6.45) is 7.22. The van der Waals surface area contributed by atoms with Crippen LogP contribution in [0.2, 0.25) is 0 Å². The fourth-order valence-corrected chi connectivity index (χ4v) is 4.62. The summed E-state index contributed by atoms with van der Waals surface area (Å²) in [5.41, 5.74) is 23.0. The molecule has 7 N–H and O–H groups in total. The van der Waals surface area contributed by atoms with Gasteiger partial charge >= 0.3 is 0 Å². The Labute approximate surface area is 192 Å². The lowest BCUT2D eigenvalue weighted by atomic mass is 10.1. The lowest BCUT2D eigenvalue weighted by molar-refractivity contribution is 0.507. The zero-order chi connectivity index (χ0) is 22.8. The maximum Gasteiger partial charge on any atom is 0.224 e. The van der Waals surface area contributed by atoms with Crippen LogP contribution in [0.1, 0.15) is 43.1 Å². The largest absolute Gasteiger partial charge is 0.398 e. The van der Waals surface area contributed by atoms with Crippen molar-refractivity contribution in [2.45, 2.75) is 44.7 Å². The molecule has 0 atom stereocenters. The summed E-state index contributed by atoms with van der Waals surface area (Å²) >= 11 is 0. The Balaban J connectivity index is 1.42. The van der Waals surface area contributed by atoms with E-state index in [-0.39, 0.29) is 5.95 Å². The molecule has 9 nitrogen and oxygen atoms in total. The highest BCUT2D eigenvalue weighted by atomic mass is 15.2. The van der Waals surface area contributed by atoms with Crippen molar-refractivity contribution < 1.29 is 0 Å². The van der Waals surface area contributed by atoms with Gasteiger partial charge in [-0.25, -0.2) is 4.98 Å². The van der Waals surface area contributed by atoms with E-state index in [1.165, 1.54) is 12.8 Å². The predicted octanol–water partition coefficient (Wildman–Crippen LogP) is 3.28. The zero-order valence-electron chi connectivity index (χ0n) is 18.5. The molecule has 0 radical (unpaired) electrons. The highest BCUT2D eigenvalue weighted by Gasteiger charge is 2.25. The number of fused-ring (bicyclic) bond motifs is 1. The molecule has 3 heterocycles. The molecule has 1 aliphatic rings. The van der Waals surface area contributed by atoms with E-state index in [1.807, 2.05) is 42.6 Å². The molecule has 1 saturated carbocycles. The van der Waals surface area contributed by atoms with Gasteiger partial charge in [-0.1, -0.05) is 37.1 Å². The number of imidazole rings is 1. The quantitative estimate of drug-likeness (QED) is 0.318. The lowest BCUT2D eigenvalue weighted by Crippen LogP contribution is -2.14. The molecule has 0 bridgehead atoms. The highest BCUT2D eigenvalue weighted by Crippen LogP contribution is 2.35. The Kier molecular flexibility index (Phi) is 5.78. The average Bonchev–Trinajstić information content (AvgIpc) is 3.46. The van der Waals surface area contributed by atoms with Gasteiger partial charge in [0.25, 0.3) is 0 Å². The van der Waals surface area contributed by atoms with E-state index in [1.54, 1.807) is 0 Å². The number of aromatic nitrogens is 5. The Morgan fingerprint density at radius 1 is 1.00 bits per heavy atom. The topological polar surface area (TPSA) is 147 Å². The first-order valence-corrected chi connectivity index (χ1v) is 11.4. The van der Waals surface area contributed by atoms with Gasteiger partial charge in [0.15, 0.2) is 17.0 Å². The number of nitrogens with one attached hydrogen (secondary N) is 1. The summed E-state index contributed by atoms with van der Waals surface area (Å²) in [5, 5.41) is 3.39. The maximum atomic E-state index is 6.09. The van der Waals surface area contributed by atoms with Crippen LogP contribution < -0.4 is 22.5 Å². The maximum absolute atomic E-state index is 6.09. The van der Waals surface area contributed by atoms with Crippen LogP contribution in [0, 0.1) is 0 Å². The minimum absolute atomic E-state index is 0.233. The Bertz CT molecular complexity index is 1260. The third kappa shape index (κ3) is 4.19. The molecule has 3 aromatic heterocycles. The van der Waals surface area contributed by atoms with E-state index in [4.69, 9.17) is 22.2 Å². The molecule has 9 heteroatoms. The molecule has 5 rings (SSSR count). The molecule has 4 aromatic rings. The number of hydrogen-bond donors (Lipinski definition) is 4. The third-order valence-electron chi connectivity index (χ3n) is 6.21. The van der Waals surface area contributed by atoms with Crippen molar-refractivity contribution in [2.75, 3.05) is 23.3 Å². The van der Waals surface area contributed by atoms with Gasteiger partial charge in [0.05, 0.1) is 5.69 Å². The molecule has 0 saturated heterocycles. The summed E-state index contributed by atoms with van der Waals surface area (Å²) in [6.45, 7) is 1.07. The molecule has 1 fully saturated rings. The zero-order valence-corrected chi connectivity index (χ0v) is 18.5. The van der Waals surface area contributed by atoms with E-state index in [9.17, 15) is 0 Å². The molecule has 1 aromatic carbocycles.